The maximum Gasteiger partial charge on any atom is 0.160 e. The lowest BCUT2D eigenvalue weighted by Gasteiger charge is -2.07. The van der Waals surface area contributed by atoms with Gasteiger partial charge >= 0.3 is 0 Å². The van der Waals surface area contributed by atoms with E-state index in [9.17, 15) is 4.79 Å². The van der Waals surface area contributed by atoms with Gasteiger partial charge in [0, 0.05) is 11.1 Å². The van der Waals surface area contributed by atoms with E-state index in [1.165, 1.54) is 11.1 Å². The number of hydrogen-bond donors (Lipinski definition) is 0. The van der Waals surface area contributed by atoms with E-state index in [1.807, 2.05) is 36.4 Å². The Morgan fingerprint density at radius 2 is 1.82 bits per heavy atom. The second-order valence-electron chi connectivity index (χ2n) is 4.25. The molecule has 0 saturated heterocycles. The number of hydrogen-bond acceptors (Lipinski definition) is 2. The number of rotatable bonds is 4. The Kier molecular flexibility index (Phi) is 2.22. The van der Waals surface area contributed by atoms with E-state index in [1.54, 1.807) is 6.92 Å². The summed E-state index contributed by atoms with van der Waals surface area (Å²) in [5, 5.41) is 0. The van der Waals surface area contributed by atoms with Crippen molar-refractivity contribution in [1.82, 2.24) is 0 Å². The van der Waals surface area contributed by atoms with Crippen LogP contribution in [0.4, 0.5) is 0 Å². The van der Waals surface area contributed by atoms with Gasteiger partial charge in [-0.2, -0.15) is 0 Å². The fourth-order valence-electron chi connectivity index (χ4n) is 1.96. The Bertz CT molecular complexity index is 579. The summed E-state index contributed by atoms with van der Waals surface area (Å²) in [6, 6.07) is 13.7. The van der Waals surface area contributed by atoms with Crippen LogP contribution in [0.15, 0.2) is 42.5 Å². The van der Waals surface area contributed by atoms with Crippen molar-refractivity contribution >= 4 is 5.78 Å². The lowest BCUT2D eigenvalue weighted by molar-refractivity contribution is 0.101. The number of benzene rings is 2. The Morgan fingerprint density at radius 3 is 2.53 bits per heavy atom. The van der Waals surface area contributed by atoms with Crippen LogP contribution in [-0.4, -0.2) is 5.78 Å². The van der Waals surface area contributed by atoms with E-state index < -0.39 is 0 Å². The number of Topliss-reactive ketones (excluding diaryl/α,β-unsaturated/α-hetero) is 1. The molecule has 1 aromatic carbocycles. The standard InChI is InChI=1S/C15H12O2/c1-10(16)15-5-3-2-4-11(15)9-17-14-7-12-6-13(12)8-14/h2-8H,9H2,1H3. The lowest BCUT2D eigenvalue weighted by atomic mass is 10.1. The zero-order chi connectivity index (χ0) is 11.8. The molecule has 0 radical (unpaired) electrons. The summed E-state index contributed by atoms with van der Waals surface area (Å²) in [7, 11) is 0. The van der Waals surface area contributed by atoms with E-state index in [4.69, 9.17) is 4.74 Å². The molecule has 2 aliphatic carbocycles. The Hall–Kier alpha value is -2.09. The van der Waals surface area contributed by atoms with Gasteiger partial charge in [0.05, 0.1) is 0 Å². The van der Waals surface area contributed by atoms with Crippen molar-refractivity contribution in [1.29, 1.82) is 0 Å². The molecular formula is C15H12O2. The molecule has 0 unspecified atom stereocenters. The molecule has 84 valence electrons. The Balaban J connectivity index is 1.75. The molecule has 2 heteroatoms. The van der Waals surface area contributed by atoms with Crippen LogP contribution < -0.4 is 4.74 Å². The molecule has 2 aliphatic rings. The number of fused-ring (bicyclic) bond motifs is 1. The molecule has 0 aliphatic heterocycles. The van der Waals surface area contributed by atoms with E-state index in [-0.39, 0.29) is 5.78 Å². The van der Waals surface area contributed by atoms with E-state index in [0.717, 1.165) is 16.9 Å². The summed E-state index contributed by atoms with van der Waals surface area (Å²) < 4.78 is 5.67. The molecular weight excluding hydrogens is 212 g/mol. The average molecular weight is 224 g/mol. The molecule has 0 atom stereocenters. The third kappa shape index (κ3) is 1.94. The summed E-state index contributed by atoms with van der Waals surface area (Å²) in [5.74, 6) is 0.962. The van der Waals surface area contributed by atoms with Crippen LogP contribution in [0.2, 0.25) is 0 Å². The predicted octanol–water partition coefficient (Wildman–Crippen LogP) is 3.45. The first kappa shape index (κ1) is 10.1. The SMILES string of the molecule is CC(=O)c1ccccc1COc1cc2cc-2c1. The van der Waals surface area contributed by atoms with Crippen LogP contribution >= 0.6 is 0 Å². The van der Waals surface area contributed by atoms with Crippen molar-refractivity contribution in [2.75, 3.05) is 0 Å². The second-order valence-corrected chi connectivity index (χ2v) is 4.25. The zero-order valence-corrected chi connectivity index (χ0v) is 9.57. The monoisotopic (exact) mass is 224 g/mol. The van der Waals surface area contributed by atoms with Gasteiger partial charge in [-0.15, -0.1) is 0 Å². The molecule has 2 nitrogen and oxygen atoms in total. The van der Waals surface area contributed by atoms with Crippen LogP contribution in [0, 0.1) is 0 Å². The smallest absolute Gasteiger partial charge is 0.160 e. The van der Waals surface area contributed by atoms with Gasteiger partial charge in [-0.3, -0.25) is 4.79 Å². The summed E-state index contributed by atoms with van der Waals surface area (Å²) >= 11 is 0. The molecule has 0 saturated carbocycles. The number of ketones is 1. The van der Waals surface area contributed by atoms with Gasteiger partial charge in [0.2, 0.25) is 0 Å². The van der Waals surface area contributed by atoms with Crippen LogP contribution in [0.3, 0.4) is 0 Å². The first-order valence-electron chi connectivity index (χ1n) is 5.61. The molecule has 0 aromatic heterocycles. The molecule has 0 spiro atoms. The highest BCUT2D eigenvalue weighted by Gasteiger charge is 2.15. The van der Waals surface area contributed by atoms with Crippen molar-refractivity contribution < 1.29 is 9.53 Å². The van der Waals surface area contributed by atoms with Crippen molar-refractivity contribution in [3.05, 3.63) is 53.6 Å². The van der Waals surface area contributed by atoms with E-state index in [2.05, 4.69) is 6.07 Å². The van der Waals surface area contributed by atoms with Crippen LogP contribution in [0.25, 0.3) is 11.1 Å². The molecule has 1 aromatic rings. The van der Waals surface area contributed by atoms with Gasteiger partial charge in [-0.25, -0.2) is 0 Å². The van der Waals surface area contributed by atoms with Crippen molar-refractivity contribution in [2.45, 2.75) is 13.5 Å². The highest BCUT2D eigenvalue weighted by molar-refractivity contribution is 5.95. The minimum absolute atomic E-state index is 0.0773. The Morgan fingerprint density at radius 1 is 1.12 bits per heavy atom. The van der Waals surface area contributed by atoms with Crippen LogP contribution in [0.5, 0.6) is 5.75 Å². The van der Waals surface area contributed by atoms with Gasteiger partial charge in [0.1, 0.15) is 12.4 Å². The summed E-state index contributed by atoms with van der Waals surface area (Å²) in [5.41, 5.74) is 4.21. The van der Waals surface area contributed by atoms with Gasteiger partial charge in [0.25, 0.3) is 0 Å². The van der Waals surface area contributed by atoms with Crippen LogP contribution in [-0.2, 0) is 6.61 Å². The van der Waals surface area contributed by atoms with Crippen molar-refractivity contribution in [2.24, 2.45) is 0 Å². The van der Waals surface area contributed by atoms with E-state index in [0.29, 0.717) is 6.61 Å². The highest BCUT2D eigenvalue weighted by Crippen LogP contribution is 2.39. The predicted molar refractivity (Wildman–Crippen MR) is 66.2 cm³/mol. The van der Waals surface area contributed by atoms with Gasteiger partial charge < -0.3 is 4.74 Å². The highest BCUT2D eigenvalue weighted by atomic mass is 16.5. The molecule has 0 fully saturated rings. The molecule has 0 amide bonds. The van der Waals surface area contributed by atoms with Crippen molar-refractivity contribution in [3.63, 3.8) is 0 Å². The Labute approximate surface area is 99.9 Å². The van der Waals surface area contributed by atoms with Crippen molar-refractivity contribution in [3.8, 4) is 16.9 Å². The maximum atomic E-state index is 11.4. The molecule has 0 N–H and O–H groups in total. The summed E-state index contributed by atoms with van der Waals surface area (Å²) in [4.78, 5) is 11.4. The van der Waals surface area contributed by atoms with Gasteiger partial charge in [0.15, 0.2) is 5.78 Å². The first-order chi connectivity index (χ1) is 8.24. The fourth-order valence-corrected chi connectivity index (χ4v) is 1.96. The normalized spacial score (nSPS) is 11.1. The summed E-state index contributed by atoms with van der Waals surface area (Å²) in [6.45, 7) is 2.02. The number of carbonyl (C=O) groups is 1. The molecule has 3 rings (SSSR count). The van der Waals surface area contributed by atoms with E-state index >= 15 is 0 Å². The first-order valence-corrected chi connectivity index (χ1v) is 5.61. The average Bonchev–Trinajstić information content (AvgIpc) is 2.94. The molecule has 0 bridgehead atoms. The second kappa shape index (κ2) is 3.74. The lowest BCUT2D eigenvalue weighted by Crippen LogP contribution is -2.03. The minimum atomic E-state index is 0.0773. The largest absolute Gasteiger partial charge is 0.489 e. The van der Waals surface area contributed by atoms with Gasteiger partial charge in [-0.1, -0.05) is 24.3 Å². The topological polar surface area (TPSA) is 26.3 Å². The molecule has 17 heavy (non-hydrogen) atoms. The third-order valence-corrected chi connectivity index (χ3v) is 2.95. The summed E-state index contributed by atoms with van der Waals surface area (Å²) in [6.07, 6.45) is 0. The quantitative estimate of drug-likeness (QED) is 0.634. The molecule has 0 heterocycles. The maximum absolute atomic E-state index is 11.4. The number of ether oxygens (including phenoxy) is 1. The zero-order valence-electron chi connectivity index (χ0n) is 9.57. The minimum Gasteiger partial charge on any atom is -0.489 e. The van der Waals surface area contributed by atoms with Gasteiger partial charge in [-0.05, 0) is 36.2 Å². The fraction of sp³-hybridized carbons (Fsp3) is 0.133. The van der Waals surface area contributed by atoms with Crippen LogP contribution in [0.1, 0.15) is 22.8 Å². The third-order valence-electron chi connectivity index (χ3n) is 2.95. The number of carbonyl (C=O) groups excluding carboxylic acids is 1.